The third-order valence-electron chi connectivity index (χ3n) is 2.72. The van der Waals surface area contributed by atoms with Crippen LogP contribution in [0.5, 0.6) is 0 Å². The summed E-state index contributed by atoms with van der Waals surface area (Å²) in [7, 11) is 0. The zero-order chi connectivity index (χ0) is 12.5. The number of nitrogens with two attached hydrogens (primary N) is 2. The number of hydrogen-bond acceptors (Lipinski definition) is 4. The Morgan fingerprint density at radius 3 is 2.12 bits per heavy atom. The lowest BCUT2D eigenvalue weighted by Crippen LogP contribution is -2.34. The summed E-state index contributed by atoms with van der Waals surface area (Å²) in [6.07, 6.45) is 3.15. The van der Waals surface area contributed by atoms with Crippen molar-refractivity contribution in [1.82, 2.24) is 9.97 Å². The number of rotatable bonds is 2. The summed E-state index contributed by atoms with van der Waals surface area (Å²) in [6, 6.07) is 6.04. The predicted molar refractivity (Wildman–Crippen MR) is 63.5 cm³/mol. The number of nitrogen functional groups attached to an aromatic ring is 1. The van der Waals surface area contributed by atoms with E-state index in [1.165, 1.54) is 12.1 Å². The molecule has 0 spiro atoms. The Labute approximate surface area is 98.5 Å². The summed E-state index contributed by atoms with van der Waals surface area (Å²) in [4.78, 5) is 7.80. The molecule has 1 unspecified atom stereocenters. The molecule has 2 aromatic rings. The fourth-order valence-corrected chi connectivity index (χ4v) is 1.57. The van der Waals surface area contributed by atoms with Gasteiger partial charge in [0.25, 0.3) is 0 Å². The highest BCUT2D eigenvalue weighted by atomic mass is 19.1. The van der Waals surface area contributed by atoms with Crippen LogP contribution in [0.1, 0.15) is 18.1 Å². The first-order valence-electron chi connectivity index (χ1n) is 5.13. The molecule has 0 saturated carbocycles. The summed E-state index contributed by atoms with van der Waals surface area (Å²) < 4.78 is 12.8. The van der Waals surface area contributed by atoms with E-state index >= 15 is 0 Å². The van der Waals surface area contributed by atoms with Gasteiger partial charge in [0, 0.05) is 18.0 Å². The fraction of sp³-hybridized carbons (Fsp3) is 0.167. The van der Waals surface area contributed by atoms with Crippen molar-refractivity contribution in [3.05, 3.63) is 53.6 Å². The fourth-order valence-electron chi connectivity index (χ4n) is 1.57. The minimum atomic E-state index is -0.776. The van der Waals surface area contributed by atoms with Crippen molar-refractivity contribution in [2.45, 2.75) is 12.5 Å². The minimum absolute atomic E-state index is 0.198. The highest BCUT2D eigenvalue weighted by molar-refractivity contribution is 5.35. The van der Waals surface area contributed by atoms with Gasteiger partial charge in [-0.05, 0) is 24.6 Å². The smallest absolute Gasteiger partial charge is 0.219 e. The van der Waals surface area contributed by atoms with Gasteiger partial charge in [-0.1, -0.05) is 12.1 Å². The maximum absolute atomic E-state index is 12.8. The first-order valence-corrected chi connectivity index (χ1v) is 5.13. The molecule has 1 aromatic heterocycles. The van der Waals surface area contributed by atoms with Crippen molar-refractivity contribution in [2.75, 3.05) is 5.73 Å². The third-order valence-corrected chi connectivity index (χ3v) is 2.72. The van der Waals surface area contributed by atoms with Crippen molar-refractivity contribution in [2.24, 2.45) is 5.73 Å². The molecule has 1 atom stereocenters. The molecule has 1 aromatic carbocycles. The molecule has 0 amide bonds. The maximum atomic E-state index is 12.8. The lowest BCUT2D eigenvalue weighted by molar-refractivity contribution is 0.588. The van der Waals surface area contributed by atoms with Crippen molar-refractivity contribution in [3.8, 4) is 0 Å². The van der Waals surface area contributed by atoms with Crippen LogP contribution < -0.4 is 11.5 Å². The Hall–Kier alpha value is -2.01. The Morgan fingerprint density at radius 1 is 1.06 bits per heavy atom. The molecule has 4 N–H and O–H groups in total. The molecule has 0 fully saturated rings. The number of halogens is 1. The van der Waals surface area contributed by atoms with Crippen LogP contribution in [0.2, 0.25) is 0 Å². The van der Waals surface area contributed by atoms with Gasteiger partial charge in [-0.2, -0.15) is 0 Å². The second-order valence-corrected chi connectivity index (χ2v) is 4.04. The second kappa shape index (κ2) is 4.10. The van der Waals surface area contributed by atoms with Crippen LogP contribution in [0.4, 0.5) is 10.3 Å². The molecule has 4 nitrogen and oxygen atoms in total. The van der Waals surface area contributed by atoms with Gasteiger partial charge in [0.05, 0.1) is 5.54 Å². The van der Waals surface area contributed by atoms with Gasteiger partial charge in [0.1, 0.15) is 5.82 Å². The van der Waals surface area contributed by atoms with E-state index in [0.717, 1.165) is 11.1 Å². The molecule has 2 rings (SSSR count). The normalized spacial score (nSPS) is 14.3. The van der Waals surface area contributed by atoms with E-state index in [9.17, 15) is 4.39 Å². The Bertz CT molecular complexity index is 458. The van der Waals surface area contributed by atoms with Crippen LogP contribution in [-0.4, -0.2) is 9.97 Å². The summed E-state index contributed by atoms with van der Waals surface area (Å²) in [6.45, 7) is 1.81. The molecule has 5 heteroatoms. The average Bonchev–Trinajstić information content (AvgIpc) is 2.30. The van der Waals surface area contributed by atoms with E-state index in [1.54, 1.807) is 24.5 Å². The molecule has 88 valence electrons. The standard InChI is InChI=1S/C12H13FN4/c1-12(15,8-2-4-10(13)5-3-8)9-6-16-11(14)17-7-9/h2-7H,15H2,1H3,(H2,14,16,17). The minimum Gasteiger partial charge on any atom is -0.368 e. The van der Waals surface area contributed by atoms with E-state index in [0.29, 0.717) is 0 Å². The van der Waals surface area contributed by atoms with Crippen molar-refractivity contribution in [3.63, 3.8) is 0 Å². The molecule has 0 aliphatic heterocycles. The molecular weight excluding hydrogens is 219 g/mol. The molecule has 0 saturated heterocycles. The zero-order valence-corrected chi connectivity index (χ0v) is 9.39. The summed E-state index contributed by atoms with van der Waals surface area (Å²) >= 11 is 0. The van der Waals surface area contributed by atoms with Crippen LogP contribution in [0.15, 0.2) is 36.7 Å². The van der Waals surface area contributed by atoms with Crippen LogP contribution in [0.3, 0.4) is 0 Å². The first kappa shape index (κ1) is 11.5. The number of aromatic nitrogens is 2. The summed E-state index contributed by atoms with van der Waals surface area (Å²) in [5.74, 6) is -0.0956. The summed E-state index contributed by atoms with van der Waals surface area (Å²) in [5, 5.41) is 0. The first-order chi connectivity index (χ1) is 8.00. The molecule has 0 radical (unpaired) electrons. The van der Waals surface area contributed by atoms with E-state index < -0.39 is 5.54 Å². The largest absolute Gasteiger partial charge is 0.368 e. The Morgan fingerprint density at radius 2 is 1.59 bits per heavy atom. The van der Waals surface area contributed by atoms with Crippen molar-refractivity contribution >= 4 is 5.95 Å². The van der Waals surface area contributed by atoms with Crippen molar-refractivity contribution in [1.29, 1.82) is 0 Å². The van der Waals surface area contributed by atoms with Gasteiger partial charge in [0.2, 0.25) is 5.95 Å². The van der Waals surface area contributed by atoms with Gasteiger partial charge >= 0.3 is 0 Å². The van der Waals surface area contributed by atoms with Crippen LogP contribution in [0.25, 0.3) is 0 Å². The van der Waals surface area contributed by atoms with Crippen molar-refractivity contribution < 1.29 is 4.39 Å². The third kappa shape index (κ3) is 2.24. The van der Waals surface area contributed by atoms with Gasteiger partial charge in [-0.25, -0.2) is 14.4 Å². The number of hydrogen-bond donors (Lipinski definition) is 2. The Kier molecular flexibility index (Phi) is 2.77. The monoisotopic (exact) mass is 232 g/mol. The predicted octanol–water partition coefficient (Wildman–Crippen LogP) is 1.42. The van der Waals surface area contributed by atoms with E-state index in [2.05, 4.69) is 9.97 Å². The van der Waals surface area contributed by atoms with E-state index in [-0.39, 0.29) is 11.8 Å². The molecule has 0 aliphatic carbocycles. The SMILES string of the molecule is CC(N)(c1ccc(F)cc1)c1cnc(N)nc1. The number of benzene rings is 1. The topological polar surface area (TPSA) is 77.8 Å². The molecular formula is C12H13FN4. The second-order valence-electron chi connectivity index (χ2n) is 4.04. The van der Waals surface area contributed by atoms with E-state index in [1.807, 2.05) is 6.92 Å². The van der Waals surface area contributed by atoms with E-state index in [4.69, 9.17) is 11.5 Å². The highest BCUT2D eigenvalue weighted by Gasteiger charge is 2.24. The van der Waals surface area contributed by atoms with Crippen LogP contribution in [0, 0.1) is 5.82 Å². The zero-order valence-electron chi connectivity index (χ0n) is 9.39. The lowest BCUT2D eigenvalue weighted by atomic mass is 9.87. The van der Waals surface area contributed by atoms with Gasteiger partial charge in [-0.3, -0.25) is 0 Å². The number of anilines is 1. The Balaban J connectivity index is 2.41. The number of nitrogens with zero attached hydrogens (tertiary/aromatic N) is 2. The molecule has 0 aliphatic rings. The maximum Gasteiger partial charge on any atom is 0.219 e. The molecule has 17 heavy (non-hydrogen) atoms. The summed E-state index contributed by atoms with van der Waals surface area (Å²) in [5.41, 5.74) is 12.4. The van der Waals surface area contributed by atoms with Crippen LogP contribution >= 0.6 is 0 Å². The van der Waals surface area contributed by atoms with Gasteiger partial charge in [-0.15, -0.1) is 0 Å². The average molecular weight is 232 g/mol. The van der Waals surface area contributed by atoms with Gasteiger partial charge < -0.3 is 11.5 Å². The van der Waals surface area contributed by atoms with Crippen LogP contribution in [-0.2, 0) is 5.54 Å². The highest BCUT2D eigenvalue weighted by Crippen LogP contribution is 2.25. The lowest BCUT2D eigenvalue weighted by Gasteiger charge is -2.25. The quantitative estimate of drug-likeness (QED) is 0.820. The van der Waals surface area contributed by atoms with Gasteiger partial charge in [0.15, 0.2) is 0 Å². The molecule has 0 bridgehead atoms. The molecule has 1 heterocycles.